The second kappa shape index (κ2) is 10.6. The molecule has 0 heterocycles. The maximum atomic E-state index is 10.9. The van der Waals surface area contributed by atoms with Gasteiger partial charge in [0.2, 0.25) is 0 Å². The second-order valence-electron chi connectivity index (χ2n) is 5.38. The highest BCUT2D eigenvalue weighted by atomic mass is 79.9. The lowest BCUT2D eigenvalue weighted by Crippen LogP contribution is -3.00. The Morgan fingerprint density at radius 2 is 1.95 bits per heavy atom. The molecule has 0 aliphatic carbocycles. The number of carbonyl (C=O) groups is 1. The molecule has 4 heteroatoms. The van der Waals surface area contributed by atoms with Gasteiger partial charge in [0.25, 0.3) is 0 Å². The molecular formula is C17H26BrNO2. The first-order chi connectivity index (χ1) is 9.59. The summed E-state index contributed by atoms with van der Waals surface area (Å²) in [5.41, 5.74) is 1.37. The highest BCUT2D eigenvalue weighted by Crippen LogP contribution is 2.13. The fourth-order valence-electron chi connectivity index (χ4n) is 2.20. The van der Waals surface area contributed by atoms with Gasteiger partial charge in [0, 0.05) is 11.6 Å². The van der Waals surface area contributed by atoms with Gasteiger partial charge in [-0.25, -0.2) is 4.79 Å². The van der Waals surface area contributed by atoms with Crippen LogP contribution in [0.25, 0.3) is 0 Å². The lowest BCUT2D eigenvalue weighted by Gasteiger charge is -2.33. The lowest BCUT2D eigenvalue weighted by atomic mass is 10.1. The van der Waals surface area contributed by atoms with Crippen LogP contribution in [0, 0.1) is 0 Å². The maximum absolute atomic E-state index is 10.9. The van der Waals surface area contributed by atoms with Crippen molar-refractivity contribution in [2.45, 2.75) is 26.3 Å². The molecule has 0 spiro atoms. The van der Waals surface area contributed by atoms with Crippen molar-refractivity contribution in [2.75, 3.05) is 26.7 Å². The van der Waals surface area contributed by atoms with Crippen molar-refractivity contribution in [3.63, 3.8) is 0 Å². The van der Waals surface area contributed by atoms with Crippen molar-refractivity contribution in [3.8, 4) is 0 Å². The van der Waals surface area contributed by atoms with Crippen molar-refractivity contribution < 1.29 is 31.0 Å². The Morgan fingerprint density at radius 1 is 1.29 bits per heavy atom. The molecule has 3 nitrogen and oxygen atoms in total. The number of benzene rings is 1. The molecule has 0 aromatic heterocycles. The quantitative estimate of drug-likeness (QED) is 0.273. The molecule has 0 saturated carbocycles. The Labute approximate surface area is 139 Å². The van der Waals surface area contributed by atoms with E-state index >= 15 is 0 Å². The predicted molar refractivity (Wildman–Crippen MR) is 82.1 cm³/mol. The smallest absolute Gasteiger partial charge is 0.330 e. The van der Waals surface area contributed by atoms with Crippen LogP contribution in [0.5, 0.6) is 0 Å². The Kier molecular flexibility index (Phi) is 10.0. The van der Waals surface area contributed by atoms with Gasteiger partial charge in [0.05, 0.1) is 26.7 Å². The zero-order valence-corrected chi connectivity index (χ0v) is 14.6. The van der Waals surface area contributed by atoms with Gasteiger partial charge in [-0.1, -0.05) is 36.9 Å². The van der Waals surface area contributed by atoms with Crippen LogP contribution >= 0.6 is 0 Å². The lowest BCUT2D eigenvalue weighted by molar-refractivity contribution is -0.921. The molecule has 0 aliphatic heterocycles. The first-order valence-corrected chi connectivity index (χ1v) is 7.26. The third-order valence-corrected chi connectivity index (χ3v) is 3.67. The van der Waals surface area contributed by atoms with Gasteiger partial charge >= 0.3 is 5.97 Å². The number of halogens is 1. The largest absolute Gasteiger partial charge is 1.00 e. The van der Waals surface area contributed by atoms with Crippen molar-refractivity contribution >= 4 is 5.97 Å². The van der Waals surface area contributed by atoms with E-state index in [-0.39, 0.29) is 23.0 Å². The number of quaternary nitrogens is 1. The third kappa shape index (κ3) is 8.02. The van der Waals surface area contributed by atoms with Gasteiger partial charge in [-0.05, 0) is 19.8 Å². The second-order valence-corrected chi connectivity index (χ2v) is 5.38. The summed E-state index contributed by atoms with van der Waals surface area (Å²) < 4.78 is 6.01. The van der Waals surface area contributed by atoms with E-state index in [0.717, 1.165) is 37.0 Å². The molecular weight excluding hydrogens is 330 g/mol. The Morgan fingerprint density at radius 3 is 2.52 bits per heavy atom. The van der Waals surface area contributed by atoms with E-state index in [2.05, 4.69) is 44.8 Å². The first kappa shape index (κ1) is 19.9. The van der Waals surface area contributed by atoms with E-state index in [9.17, 15) is 4.79 Å². The SMILES string of the molecule is C=CC(=O)OCCCC[N+](C)(CC)Cc1ccccc1.[Br-]. The number of ether oxygens (including phenoxy) is 1. The summed E-state index contributed by atoms with van der Waals surface area (Å²) in [4.78, 5) is 10.9. The molecule has 0 amide bonds. The maximum Gasteiger partial charge on any atom is 0.330 e. The van der Waals surface area contributed by atoms with Crippen molar-refractivity contribution in [1.29, 1.82) is 0 Å². The zero-order valence-electron chi connectivity index (χ0n) is 13.1. The standard InChI is InChI=1S/C17H26NO2.BrH/c1-4-17(19)20-14-10-9-13-18(3,5-2)15-16-11-7-6-8-12-16;/h4,6-8,11-12H,1,5,9-10,13-15H2,2-3H3;1H/q+1;/p-1. The van der Waals surface area contributed by atoms with Crippen LogP contribution in [-0.4, -0.2) is 37.2 Å². The molecule has 1 aromatic rings. The third-order valence-electron chi connectivity index (χ3n) is 3.67. The molecule has 0 N–H and O–H groups in total. The number of esters is 1. The minimum atomic E-state index is -0.331. The number of rotatable bonds is 9. The van der Waals surface area contributed by atoms with Gasteiger partial charge in [0.15, 0.2) is 0 Å². The predicted octanol–water partition coefficient (Wildman–Crippen LogP) is 0.167. The molecule has 118 valence electrons. The monoisotopic (exact) mass is 355 g/mol. The highest BCUT2D eigenvalue weighted by Gasteiger charge is 2.19. The van der Waals surface area contributed by atoms with Crippen LogP contribution in [0.2, 0.25) is 0 Å². The summed E-state index contributed by atoms with van der Waals surface area (Å²) in [6.07, 6.45) is 3.17. The average Bonchev–Trinajstić information content (AvgIpc) is 2.47. The first-order valence-electron chi connectivity index (χ1n) is 7.26. The normalized spacial score (nSPS) is 12.9. The Hall–Kier alpha value is -1.13. The van der Waals surface area contributed by atoms with Crippen LogP contribution in [0.15, 0.2) is 43.0 Å². The van der Waals surface area contributed by atoms with Crippen LogP contribution in [0.4, 0.5) is 0 Å². The van der Waals surface area contributed by atoms with E-state index in [1.165, 1.54) is 11.6 Å². The Bertz CT molecular complexity index is 422. The molecule has 1 rings (SSSR count). The molecule has 1 aromatic carbocycles. The minimum Gasteiger partial charge on any atom is -1.00 e. The summed E-state index contributed by atoms with van der Waals surface area (Å²) in [7, 11) is 2.28. The van der Waals surface area contributed by atoms with Crippen LogP contribution in [0.3, 0.4) is 0 Å². The number of nitrogens with zero attached hydrogens (tertiary/aromatic N) is 1. The number of carbonyl (C=O) groups excluding carboxylic acids is 1. The van der Waals surface area contributed by atoms with Crippen LogP contribution in [0.1, 0.15) is 25.3 Å². The van der Waals surface area contributed by atoms with E-state index in [1.54, 1.807) is 0 Å². The average molecular weight is 356 g/mol. The molecule has 0 saturated heterocycles. The molecule has 0 radical (unpaired) electrons. The van der Waals surface area contributed by atoms with Gasteiger partial charge in [-0.15, -0.1) is 0 Å². The molecule has 21 heavy (non-hydrogen) atoms. The van der Waals surface area contributed by atoms with E-state index in [1.807, 2.05) is 6.07 Å². The van der Waals surface area contributed by atoms with E-state index < -0.39 is 0 Å². The van der Waals surface area contributed by atoms with Gasteiger partial charge in [-0.3, -0.25) is 0 Å². The Balaban J connectivity index is 0.00000400. The summed E-state index contributed by atoms with van der Waals surface area (Å²) >= 11 is 0. The molecule has 0 fully saturated rings. The van der Waals surface area contributed by atoms with Gasteiger partial charge < -0.3 is 26.2 Å². The molecule has 0 bridgehead atoms. The van der Waals surface area contributed by atoms with Gasteiger partial charge in [-0.2, -0.15) is 0 Å². The minimum absolute atomic E-state index is 0. The number of hydrogen-bond acceptors (Lipinski definition) is 2. The molecule has 0 aliphatic rings. The summed E-state index contributed by atoms with van der Waals surface area (Å²) in [6, 6.07) is 10.6. The van der Waals surface area contributed by atoms with Crippen molar-refractivity contribution in [3.05, 3.63) is 48.6 Å². The molecule has 1 atom stereocenters. The summed E-state index contributed by atoms with van der Waals surface area (Å²) in [5.74, 6) is -0.331. The van der Waals surface area contributed by atoms with Crippen molar-refractivity contribution in [1.82, 2.24) is 0 Å². The number of unbranched alkanes of at least 4 members (excludes halogenated alkanes) is 1. The molecule has 1 unspecified atom stereocenters. The zero-order chi connectivity index (χ0) is 14.8. The van der Waals surface area contributed by atoms with Crippen molar-refractivity contribution in [2.24, 2.45) is 0 Å². The summed E-state index contributed by atoms with van der Waals surface area (Å²) in [6.45, 7) is 9.33. The summed E-state index contributed by atoms with van der Waals surface area (Å²) in [5, 5.41) is 0. The topological polar surface area (TPSA) is 26.3 Å². The highest BCUT2D eigenvalue weighted by molar-refractivity contribution is 5.81. The van der Waals surface area contributed by atoms with E-state index in [4.69, 9.17) is 4.74 Å². The fraction of sp³-hybridized carbons (Fsp3) is 0.471. The van der Waals surface area contributed by atoms with E-state index in [0.29, 0.717) is 6.61 Å². The number of hydrogen-bond donors (Lipinski definition) is 0. The van der Waals surface area contributed by atoms with Gasteiger partial charge in [0.1, 0.15) is 6.54 Å². The van der Waals surface area contributed by atoms with Crippen LogP contribution in [-0.2, 0) is 16.1 Å². The van der Waals surface area contributed by atoms with Crippen LogP contribution < -0.4 is 17.0 Å². The fourth-order valence-corrected chi connectivity index (χ4v) is 2.20.